The molecule has 11 heteroatoms. The van der Waals surface area contributed by atoms with Crippen molar-refractivity contribution in [2.45, 2.75) is 18.9 Å². The van der Waals surface area contributed by atoms with Gasteiger partial charge in [-0.1, -0.05) is 54.2 Å². The Bertz CT molecular complexity index is 1520. The number of fused-ring (bicyclic) bond motifs is 3. The fraction of sp³-hybridized carbons (Fsp3) is 0.233. The van der Waals surface area contributed by atoms with Crippen molar-refractivity contribution in [2.75, 3.05) is 31.8 Å². The van der Waals surface area contributed by atoms with Gasteiger partial charge in [-0.05, 0) is 36.2 Å². The maximum Gasteiger partial charge on any atom is 0.259 e. The van der Waals surface area contributed by atoms with Gasteiger partial charge in [0.1, 0.15) is 23.4 Å². The number of benzene rings is 3. The second-order valence-corrected chi connectivity index (χ2v) is 10.2. The Hall–Kier alpha value is -4.64. The van der Waals surface area contributed by atoms with Crippen LogP contribution in [0.5, 0.6) is 11.5 Å². The van der Waals surface area contributed by atoms with Crippen LogP contribution in [0.25, 0.3) is 0 Å². The Morgan fingerprint density at radius 2 is 1.76 bits per heavy atom. The van der Waals surface area contributed by atoms with Gasteiger partial charge in [0, 0.05) is 18.2 Å². The average molecular weight is 572 g/mol. The smallest absolute Gasteiger partial charge is 0.259 e. The van der Waals surface area contributed by atoms with Crippen LogP contribution in [0.4, 0.5) is 11.4 Å². The molecule has 3 amide bonds. The van der Waals surface area contributed by atoms with Crippen molar-refractivity contribution in [3.63, 3.8) is 0 Å². The molecule has 210 valence electrons. The maximum absolute atomic E-state index is 13.5. The van der Waals surface area contributed by atoms with Gasteiger partial charge in [-0.2, -0.15) is 0 Å². The monoisotopic (exact) mass is 571 g/mol. The summed E-state index contributed by atoms with van der Waals surface area (Å²) in [4.78, 5) is 49.8. The topological polar surface area (TPSA) is 122 Å². The number of thioether (sulfide) groups is 1. The first-order chi connectivity index (χ1) is 20.0. The van der Waals surface area contributed by atoms with Crippen LogP contribution >= 0.6 is 11.8 Å². The highest BCUT2D eigenvalue weighted by Crippen LogP contribution is 2.34. The maximum atomic E-state index is 13.5. The third-order valence-corrected chi connectivity index (χ3v) is 7.46. The predicted molar refractivity (Wildman–Crippen MR) is 159 cm³/mol. The van der Waals surface area contributed by atoms with Crippen LogP contribution in [0, 0.1) is 0 Å². The third kappa shape index (κ3) is 6.41. The lowest BCUT2D eigenvalue weighted by atomic mass is 10.1. The molecular formula is C30H29N5O5S. The number of nitrogens with one attached hydrogen (secondary N) is 2. The number of hydrogen-bond acceptors (Lipinski definition) is 8. The molecule has 2 heterocycles. The summed E-state index contributed by atoms with van der Waals surface area (Å²) < 4.78 is 10.6. The first-order valence-electron chi connectivity index (χ1n) is 13.0. The number of anilines is 1. The lowest BCUT2D eigenvalue weighted by Gasteiger charge is -2.25. The van der Waals surface area contributed by atoms with Gasteiger partial charge in [0.05, 0.1) is 37.8 Å². The van der Waals surface area contributed by atoms with E-state index < -0.39 is 6.04 Å². The second-order valence-electron chi connectivity index (χ2n) is 9.25. The van der Waals surface area contributed by atoms with Gasteiger partial charge in [0.25, 0.3) is 5.91 Å². The molecule has 1 atom stereocenters. The van der Waals surface area contributed by atoms with Crippen molar-refractivity contribution in [3.05, 3.63) is 83.9 Å². The van der Waals surface area contributed by atoms with Gasteiger partial charge >= 0.3 is 0 Å². The Kier molecular flexibility index (Phi) is 8.64. The van der Waals surface area contributed by atoms with Gasteiger partial charge in [-0.15, -0.1) is 0 Å². The normalized spacial score (nSPS) is 15.3. The Labute approximate surface area is 241 Å². The highest BCUT2D eigenvalue weighted by Gasteiger charge is 2.42. The molecule has 3 aromatic rings. The summed E-state index contributed by atoms with van der Waals surface area (Å²) in [6.07, 6.45) is 0.611. The molecule has 0 saturated heterocycles. The zero-order valence-corrected chi connectivity index (χ0v) is 23.4. The average Bonchev–Trinajstić information content (AvgIpc) is 3.32. The lowest BCUT2D eigenvalue weighted by molar-refractivity contribution is -0.128. The summed E-state index contributed by atoms with van der Waals surface area (Å²) in [6.45, 7) is 0.461. The number of hydrogen-bond donors (Lipinski definition) is 2. The van der Waals surface area contributed by atoms with Gasteiger partial charge < -0.3 is 20.1 Å². The highest BCUT2D eigenvalue weighted by molar-refractivity contribution is 8.14. The van der Waals surface area contributed by atoms with E-state index >= 15 is 0 Å². The number of carbonyl (C=O) groups excluding carboxylic acids is 3. The van der Waals surface area contributed by atoms with Crippen LogP contribution in [-0.2, 0) is 20.8 Å². The first kappa shape index (κ1) is 27.9. The van der Waals surface area contributed by atoms with Crippen LogP contribution in [0.2, 0.25) is 0 Å². The largest absolute Gasteiger partial charge is 0.497 e. The Morgan fingerprint density at radius 3 is 2.54 bits per heavy atom. The van der Waals surface area contributed by atoms with Crippen LogP contribution in [0.3, 0.4) is 0 Å². The molecule has 2 aliphatic heterocycles. The van der Waals surface area contributed by atoms with E-state index in [9.17, 15) is 14.4 Å². The van der Waals surface area contributed by atoms with Crippen LogP contribution < -0.4 is 20.1 Å². The van der Waals surface area contributed by atoms with Crippen molar-refractivity contribution in [1.82, 2.24) is 10.2 Å². The number of amidine groups is 2. The van der Waals surface area contributed by atoms with Gasteiger partial charge in [0.15, 0.2) is 5.17 Å². The van der Waals surface area contributed by atoms with E-state index in [-0.39, 0.29) is 29.9 Å². The number of carbonyl (C=O) groups is 3. The van der Waals surface area contributed by atoms with Crippen molar-refractivity contribution in [1.29, 1.82) is 0 Å². The van der Waals surface area contributed by atoms with Crippen LogP contribution in [0.15, 0.2) is 82.8 Å². The number of para-hydroxylation sites is 1. The molecule has 2 aliphatic rings. The SMILES string of the molecule is COc1ccc(OC)c(NC(=O)CSC2=Nc3ccccc3C3=N[C@@H](CC(=O)NCCc4ccccc4)C(=O)N23)c1. The number of rotatable bonds is 10. The zero-order chi connectivity index (χ0) is 28.8. The molecule has 5 rings (SSSR count). The molecule has 0 aliphatic carbocycles. The summed E-state index contributed by atoms with van der Waals surface area (Å²) in [5.41, 5.74) is 2.92. The summed E-state index contributed by atoms with van der Waals surface area (Å²) >= 11 is 1.11. The first-order valence-corrected chi connectivity index (χ1v) is 14.0. The zero-order valence-electron chi connectivity index (χ0n) is 22.6. The van der Waals surface area contributed by atoms with Crippen LogP contribution in [-0.4, -0.2) is 66.2 Å². The molecule has 0 aromatic heterocycles. The van der Waals surface area contributed by atoms with Crippen molar-refractivity contribution >= 4 is 51.9 Å². The fourth-order valence-corrected chi connectivity index (χ4v) is 5.30. The Balaban J connectivity index is 1.26. The number of nitrogens with zero attached hydrogens (tertiary/aromatic N) is 3. The van der Waals surface area contributed by atoms with E-state index in [2.05, 4.69) is 20.6 Å². The van der Waals surface area contributed by atoms with E-state index in [1.807, 2.05) is 54.6 Å². The molecule has 10 nitrogen and oxygen atoms in total. The minimum atomic E-state index is -0.881. The van der Waals surface area contributed by atoms with Crippen molar-refractivity contribution < 1.29 is 23.9 Å². The van der Waals surface area contributed by atoms with Gasteiger partial charge in [-0.3, -0.25) is 19.4 Å². The van der Waals surface area contributed by atoms with Gasteiger partial charge in [-0.25, -0.2) is 9.89 Å². The van der Waals surface area contributed by atoms with Crippen molar-refractivity contribution in [3.8, 4) is 11.5 Å². The molecule has 0 spiro atoms. The standard InChI is InChI=1S/C30H29N5O5S/c1-39-20-12-13-25(40-2)23(16-20)32-27(37)18-41-30-34-22-11-7-6-10-21(22)28-33-24(29(38)35(28)30)17-26(36)31-15-14-19-8-4-3-5-9-19/h3-13,16,24H,14-15,17-18H2,1-2H3,(H,31,36)(H,32,37)/t24-/m0/s1. The highest BCUT2D eigenvalue weighted by atomic mass is 32.2. The van der Waals surface area contributed by atoms with Crippen molar-refractivity contribution in [2.24, 2.45) is 9.98 Å². The molecular weight excluding hydrogens is 542 g/mol. The summed E-state index contributed by atoms with van der Waals surface area (Å²) in [6, 6.07) is 21.4. The summed E-state index contributed by atoms with van der Waals surface area (Å²) in [5, 5.41) is 6.04. The molecule has 0 saturated carbocycles. The van der Waals surface area contributed by atoms with E-state index in [0.717, 1.165) is 17.3 Å². The van der Waals surface area contributed by atoms with Crippen LogP contribution in [0.1, 0.15) is 17.5 Å². The van der Waals surface area contributed by atoms with E-state index in [1.165, 1.54) is 19.1 Å². The van der Waals surface area contributed by atoms with E-state index in [4.69, 9.17) is 9.47 Å². The molecule has 0 fully saturated rings. The minimum Gasteiger partial charge on any atom is -0.497 e. The van der Waals surface area contributed by atoms with Gasteiger partial charge in [0.2, 0.25) is 11.8 Å². The Morgan fingerprint density at radius 1 is 0.976 bits per heavy atom. The summed E-state index contributed by atoms with van der Waals surface area (Å²) in [5.74, 6) is 0.539. The molecule has 0 bridgehead atoms. The number of ether oxygens (including phenoxy) is 2. The molecule has 41 heavy (non-hydrogen) atoms. The fourth-order valence-electron chi connectivity index (χ4n) is 4.50. The molecule has 0 radical (unpaired) electrons. The number of methoxy groups -OCH3 is 2. The van der Waals surface area contributed by atoms with E-state index in [0.29, 0.717) is 52.4 Å². The summed E-state index contributed by atoms with van der Waals surface area (Å²) in [7, 11) is 3.05. The minimum absolute atomic E-state index is 0.0247. The second kappa shape index (κ2) is 12.7. The lowest BCUT2D eigenvalue weighted by Crippen LogP contribution is -2.42. The predicted octanol–water partition coefficient (Wildman–Crippen LogP) is 3.78. The number of aliphatic imine (C=N–C) groups is 2. The molecule has 0 unspecified atom stereocenters. The third-order valence-electron chi connectivity index (χ3n) is 6.52. The molecule has 2 N–H and O–H groups in total. The number of amides is 3. The molecule has 3 aromatic carbocycles. The van der Waals surface area contributed by atoms with E-state index in [1.54, 1.807) is 18.2 Å². The quantitative estimate of drug-likeness (QED) is 0.382.